The molecule has 1 aromatic carbocycles. The Morgan fingerprint density at radius 3 is 2.64 bits per heavy atom. The van der Waals surface area contributed by atoms with Gasteiger partial charge in [0.15, 0.2) is 0 Å². The molecule has 0 aromatic heterocycles. The maximum atomic E-state index is 13.3. The van der Waals surface area contributed by atoms with Gasteiger partial charge in [0.1, 0.15) is 5.82 Å². The van der Waals surface area contributed by atoms with E-state index in [1.54, 1.807) is 0 Å². The minimum atomic E-state index is -0.770. The van der Waals surface area contributed by atoms with Gasteiger partial charge in [-0.2, -0.15) is 0 Å². The number of benzene rings is 1. The summed E-state index contributed by atoms with van der Waals surface area (Å²) >= 11 is 5.72. The fourth-order valence-electron chi connectivity index (χ4n) is 1.34. The average Bonchev–Trinajstić information content (AvgIpc) is 2.08. The first kappa shape index (κ1) is 11.5. The second-order valence-electron chi connectivity index (χ2n) is 3.81. The maximum absolute atomic E-state index is 13.3. The van der Waals surface area contributed by atoms with Gasteiger partial charge in [0.2, 0.25) is 0 Å². The third-order valence-corrected chi connectivity index (χ3v) is 2.25. The minimum absolute atomic E-state index is 0.284. The predicted molar refractivity (Wildman–Crippen MR) is 55.8 cm³/mol. The zero-order valence-corrected chi connectivity index (χ0v) is 9.05. The molecule has 0 bridgehead atoms. The van der Waals surface area contributed by atoms with Crippen LogP contribution in [0.5, 0.6) is 0 Å². The summed E-state index contributed by atoms with van der Waals surface area (Å²) in [5.74, 6) is -0.0778. The second kappa shape index (κ2) is 4.76. The van der Waals surface area contributed by atoms with Gasteiger partial charge in [-0.1, -0.05) is 25.4 Å². The first-order chi connectivity index (χ1) is 6.50. The van der Waals surface area contributed by atoms with E-state index in [4.69, 9.17) is 11.6 Å². The third kappa shape index (κ3) is 2.96. The van der Waals surface area contributed by atoms with Gasteiger partial charge in [0.25, 0.3) is 0 Å². The largest absolute Gasteiger partial charge is 0.388 e. The van der Waals surface area contributed by atoms with Crippen LogP contribution in [-0.4, -0.2) is 5.11 Å². The fraction of sp³-hybridized carbons (Fsp3) is 0.455. The van der Waals surface area contributed by atoms with Crippen LogP contribution >= 0.6 is 11.6 Å². The Labute approximate surface area is 88.5 Å². The van der Waals surface area contributed by atoms with Crippen molar-refractivity contribution in [1.29, 1.82) is 0 Å². The molecule has 0 aliphatic rings. The molecule has 0 saturated carbocycles. The Hall–Kier alpha value is -0.600. The molecule has 0 amide bonds. The van der Waals surface area contributed by atoms with E-state index in [1.807, 2.05) is 13.8 Å². The van der Waals surface area contributed by atoms with E-state index in [9.17, 15) is 9.50 Å². The van der Waals surface area contributed by atoms with Gasteiger partial charge in [-0.3, -0.25) is 0 Å². The molecule has 0 saturated heterocycles. The maximum Gasteiger partial charge on any atom is 0.129 e. The number of hydrogen-bond acceptors (Lipinski definition) is 1. The van der Waals surface area contributed by atoms with Gasteiger partial charge >= 0.3 is 0 Å². The SMILES string of the molecule is CC(C)CC(O)c1cc(Cl)ccc1F. The zero-order chi connectivity index (χ0) is 10.7. The van der Waals surface area contributed by atoms with Crippen LogP contribution in [0.1, 0.15) is 31.9 Å². The van der Waals surface area contributed by atoms with Gasteiger partial charge < -0.3 is 5.11 Å². The molecule has 0 fully saturated rings. The molecule has 1 N–H and O–H groups in total. The van der Waals surface area contributed by atoms with Gasteiger partial charge in [-0.15, -0.1) is 0 Å². The first-order valence-electron chi connectivity index (χ1n) is 4.63. The van der Waals surface area contributed by atoms with Crippen LogP contribution < -0.4 is 0 Å². The predicted octanol–water partition coefficient (Wildman–Crippen LogP) is 3.56. The van der Waals surface area contributed by atoms with Crippen LogP contribution in [0.2, 0.25) is 5.02 Å². The lowest BCUT2D eigenvalue weighted by molar-refractivity contribution is 0.147. The highest BCUT2D eigenvalue weighted by Crippen LogP contribution is 2.25. The molecule has 3 heteroatoms. The van der Waals surface area contributed by atoms with E-state index in [1.165, 1.54) is 18.2 Å². The Morgan fingerprint density at radius 2 is 2.07 bits per heavy atom. The van der Waals surface area contributed by atoms with Crippen LogP contribution in [0.3, 0.4) is 0 Å². The number of hydrogen-bond donors (Lipinski definition) is 1. The molecule has 0 aliphatic carbocycles. The Balaban J connectivity index is 2.88. The molecule has 1 nitrogen and oxygen atoms in total. The molecule has 0 spiro atoms. The summed E-state index contributed by atoms with van der Waals surface area (Å²) in [7, 11) is 0. The quantitative estimate of drug-likeness (QED) is 0.819. The van der Waals surface area contributed by atoms with Gasteiger partial charge in [-0.05, 0) is 30.5 Å². The lowest BCUT2D eigenvalue weighted by atomic mass is 9.99. The third-order valence-electron chi connectivity index (χ3n) is 2.01. The molecule has 14 heavy (non-hydrogen) atoms. The Kier molecular flexibility index (Phi) is 3.90. The summed E-state index contributed by atoms with van der Waals surface area (Å²) in [6.07, 6.45) is -0.231. The lowest BCUT2D eigenvalue weighted by Gasteiger charge is -2.14. The van der Waals surface area contributed by atoms with Crippen LogP contribution in [0.15, 0.2) is 18.2 Å². The van der Waals surface area contributed by atoms with Gasteiger partial charge in [-0.25, -0.2) is 4.39 Å². The normalized spacial score (nSPS) is 13.3. The summed E-state index contributed by atoms with van der Waals surface area (Å²) in [5.41, 5.74) is 0.284. The Morgan fingerprint density at radius 1 is 1.43 bits per heavy atom. The van der Waals surface area contributed by atoms with Crippen molar-refractivity contribution in [2.75, 3.05) is 0 Å². The zero-order valence-electron chi connectivity index (χ0n) is 8.30. The molecule has 1 aromatic rings. The summed E-state index contributed by atoms with van der Waals surface area (Å²) in [6.45, 7) is 3.96. The van der Waals surface area contributed by atoms with Crippen molar-refractivity contribution in [2.45, 2.75) is 26.4 Å². The lowest BCUT2D eigenvalue weighted by Crippen LogP contribution is -2.04. The summed E-state index contributed by atoms with van der Waals surface area (Å²) in [6, 6.07) is 4.23. The van der Waals surface area contributed by atoms with Crippen molar-refractivity contribution in [1.82, 2.24) is 0 Å². The highest BCUT2D eigenvalue weighted by molar-refractivity contribution is 6.30. The van der Waals surface area contributed by atoms with Crippen molar-refractivity contribution < 1.29 is 9.50 Å². The van der Waals surface area contributed by atoms with E-state index in [-0.39, 0.29) is 5.56 Å². The smallest absolute Gasteiger partial charge is 0.129 e. The van der Waals surface area contributed by atoms with E-state index >= 15 is 0 Å². The van der Waals surface area contributed by atoms with Crippen molar-refractivity contribution in [3.63, 3.8) is 0 Å². The molecular weight excluding hydrogens is 203 g/mol. The fourth-order valence-corrected chi connectivity index (χ4v) is 1.52. The standard InChI is InChI=1S/C11H14ClFO/c1-7(2)5-11(14)9-6-8(12)3-4-10(9)13/h3-4,6-7,11,14H,5H2,1-2H3. The van der Waals surface area contributed by atoms with Crippen molar-refractivity contribution in [3.05, 3.63) is 34.6 Å². The van der Waals surface area contributed by atoms with Crippen LogP contribution in [0.25, 0.3) is 0 Å². The number of rotatable bonds is 3. The highest BCUT2D eigenvalue weighted by atomic mass is 35.5. The summed E-state index contributed by atoms with van der Waals surface area (Å²) in [4.78, 5) is 0. The molecule has 0 heterocycles. The van der Waals surface area contributed by atoms with Gasteiger partial charge in [0, 0.05) is 10.6 Å². The molecular formula is C11H14ClFO. The molecule has 78 valence electrons. The van der Waals surface area contributed by atoms with E-state index in [0.29, 0.717) is 17.4 Å². The van der Waals surface area contributed by atoms with Crippen LogP contribution in [-0.2, 0) is 0 Å². The van der Waals surface area contributed by atoms with Crippen LogP contribution in [0, 0.1) is 11.7 Å². The van der Waals surface area contributed by atoms with Crippen molar-refractivity contribution in [3.8, 4) is 0 Å². The number of aliphatic hydroxyl groups is 1. The highest BCUT2D eigenvalue weighted by Gasteiger charge is 2.14. The van der Waals surface area contributed by atoms with E-state index < -0.39 is 11.9 Å². The monoisotopic (exact) mass is 216 g/mol. The topological polar surface area (TPSA) is 20.2 Å². The van der Waals surface area contributed by atoms with Crippen molar-refractivity contribution >= 4 is 11.6 Å². The van der Waals surface area contributed by atoms with Crippen molar-refractivity contribution in [2.24, 2.45) is 5.92 Å². The van der Waals surface area contributed by atoms with E-state index in [0.717, 1.165) is 0 Å². The number of halogens is 2. The summed E-state index contributed by atoms with van der Waals surface area (Å²) in [5, 5.41) is 10.1. The Bertz CT molecular complexity index is 312. The molecule has 1 unspecified atom stereocenters. The second-order valence-corrected chi connectivity index (χ2v) is 4.25. The number of aliphatic hydroxyl groups excluding tert-OH is 1. The van der Waals surface area contributed by atoms with Gasteiger partial charge in [0.05, 0.1) is 6.10 Å². The van der Waals surface area contributed by atoms with Crippen LogP contribution in [0.4, 0.5) is 4.39 Å². The summed E-state index contributed by atoms with van der Waals surface area (Å²) < 4.78 is 13.3. The minimum Gasteiger partial charge on any atom is -0.388 e. The first-order valence-corrected chi connectivity index (χ1v) is 5.01. The molecule has 1 atom stereocenters. The molecule has 0 radical (unpaired) electrons. The van der Waals surface area contributed by atoms with E-state index in [2.05, 4.69) is 0 Å². The average molecular weight is 217 g/mol. The molecule has 0 aliphatic heterocycles. The molecule has 1 rings (SSSR count).